The minimum atomic E-state index is -0.0544. The first-order valence-electron chi connectivity index (χ1n) is 6.50. The molecule has 1 unspecified atom stereocenters. The van der Waals surface area contributed by atoms with Gasteiger partial charge in [-0.15, -0.1) is 11.6 Å². The molecule has 0 fully saturated rings. The Kier molecular flexibility index (Phi) is 4.43. The van der Waals surface area contributed by atoms with Crippen LogP contribution in [0.15, 0.2) is 48.5 Å². The van der Waals surface area contributed by atoms with Gasteiger partial charge in [0.05, 0.1) is 5.38 Å². The molecule has 0 amide bonds. The number of aryl methyl sites for hydroxylation is 2. The maximum atomic E-state index is 6.51. The van der Waals surface area contributed by atoms with E-state index in [1.54, 1.807) is 0 Å². The molecule has 2 aromatic carbocycles. The van der Waals surface area contributed by atoms with Gasteiger partial charge >= 0.3 is 0 Å². The maximum absolute atomic E-state index is 6.51. The van der Waals surface area contributed by atoms with E-state index in [4.69, 9.17) is 11.6 Å². The zero-order valence-electron chi connectivity index (χ0n) is 11.0. The van der Waals surface area contributed by atoms with Crippen LogP contribution in [-0.4, -0.2) is 0 Å². The lowest BCUT2D eigenvalue weighted by Gasteiger charge is -2.11. The molecule has 0 N–H and O–H groups in total. The molecule has 0 nitrogen and oxygen atoms in total. The van der Waals surface area contributed by atoms with E-state index >= 15 is 0 Å². The molecule has 0 aliphatic carbocycles. The standard InChI is InChI=1S/C17H19Cl/c1-3-4-14-7-11-16(12-8-14)17(18)15-9-5-13(2)6-10-15/h5-12,17H,3-4H2,1-2H3. The van der Waals surface area contributed by atoms with Crippen LogP contribution in [0.25, 0.3) is 0 Å². The van der Waals surface area contributed by atoms with Crippen LogP contribution >= 0.6 is 11.6 Å². The number of rotatable bonds is 4. The highest BCUT2D eigenvalue weighted by Gasteiger charge is 2.10. The Bertz CT molecular complexity index is 482. The van der Waals surface area contributed by atoms with Gasteiger partial charge in [0.15, 0.2) is 0 Å². The van der Waals surface area contributed by atoms with E-state index in [2.05, 4.69) is 62.4 Å². The zero-order valence-corrected chi connectivity index (χ0v) is 11.7. The van der Waals surface area contributed by atoms with Crippen molar-refractivity contribution < 1.29 is 0 Å². The van der Waals surface area contributed by atoms with Crippen molar-refractivity contribution in [2.45, 2.75) is 32.1 Å². The predicted molar refractivity (Wildman–Crippen MR) is 79.3 cm³/mol. The van der Waals surface area contributed by atoms with E-state index in [1.807, 2.05) is 0 Å². The fourth-order valence-electron chi connectivity index (χ4n) is 2.07. The van der Waals surface area contributed by atoms with Gasteiger partial charge in [0.25, 0.3) is 0 Å². The second-order valence-electron chi connectivity index (χ2n) is 4.76. The molecule has 94 valence electrons. The van der Waals surface area contributed by atoms with Crippen molar-refractivity contribution in [3.8, 4) is 0 Å². The Balaban J connectivity index is 2.17. The van der Waals surface area contributed by atoms with Crippen molar-refractivity contribution in [3.05, 3.63) is 70.8 Å². The summed E-state index contributed by atoms with van der Waals surface area (Å²) in [5, 5.41) is -0.0544. The maximum Gasteiger partial charge on any atom is 0.0835 e. The Labute approximate surface area is 115 Å². The molecule has 0 saturated heterocycles. The van der Waals surface area contributed by atoms with Crippen LogP contribution in [0, 0.1) is 6.92 Å². The second-order valence-corrected chi connectivity index (χ2v) is 5.20. The first kappa shape index (κ1) is 13.2. The van der Waals surface area contributed by atoms with Crippen molar-refractivity contribution in [1.82, 2.24) is 0 Å². The fourth-order valence-corrected chi connectivity index (χ4v) is 2.36. The lowest BCUT2D eigenvalue weighted by Crippen LogP contribution is -1.94. The van der Waals surface area contributed by atoms with Crippen molar-refractivity contribution in [3.63, 3.8) is 0 Å². The first-order valence-corrected chi connectivity index (χ1v) is 6.94. The van der Waals surface area contributed by atoms with E-state index < -0.39 is 0 Å². The smallest absolute Gasteiger partial charge is 0.0835 e. The molecule has 1 atom stereocenters. The number of alkyl halides is 1. The van der Waals surface area contributed by atoms with Crippen LogP contribution in [-0.2, 0) is 6.42 Å². The van der Waals surface area contributed by atoms with Gasteiger partial charge in [-0.05, 0) is 30.0 Å². The minimum absolute atomic E-state index is 0.0544. The molecule has 0 bridgehead atoms. The summed E-state index contributed by atoms with van der Waals surface area (Å²) in [6.45, 7) is 4.29. The molecule has 0 aliphatic heterocycles. The highest BCUT2D eigenvalue weighted by Crippen LogP contribution is 2.29. The molecule has 0 spiro atoms. The largest absolute Gasteiger partial charge is 0.113 e. The van der Waals surface area contributed by atoms with Gasteiger partial charge in [-0.1, -0.05) is 67.4 Å². The van der Waals surface area contributed by atoms with Crippen molar-refractivity contribution in [1.29, 1.82) is 0 Å². The van der Waals surface area contributed by atoms with Gasteiger partial charge in [-0.2, -0.15) is 0 Å². The number of halogens is 1. The van der Waals surface area contributed by atoms with E-state index in [-0.39, 0.29) is 5.38 Å². The summed E-state index contributed by atoms with van der Waals surface area (Å²) in [5.74, 6) is 0. The summed E-state index contributed by atoms with van der Waals surface area (Å²) >= 11 is 6.51. The molecule has 0 heterocycles. The third-order valence-electron chi connectivity index (χ3n) is 3.18. The Morgan fingerprint density at radius 1 is 0.889 bits per heavy atom. The van der Waals surface area contributed by atoms with Gasteiger partial charge < -0.3 is 0 Å². The average Bonchev–Trinajstić information content (AvgIpc) is 2.40. The van der Waals surface area contributed by atoms with Gasteiger partial charge in [-0.25, -0.2) is 0 Å². The summed E-state index contributed by atoms with van der Waals surface area (Å²) < 4.78 is 0. The fraction of sp³-hybridized carbons (Fsp3) is 0.294. The van der Waals surface area contributed by atoms with Gasteiger partial charge in [0.2, 0.25) is 0 Å². The molecular formula is C17H19Cl. The van der Waals surface area contributed by atoms with Gasteiger partial charge in [-0.3, -0.25) is 0 Å². The average molecular weight is 259 g/mol. The number of benzene rings is 2. The van der Waals surface area contributed by atoms with E-state index in [9.17, 15) is 0 Å². The topological polar surface area (TPSA) is 0 Å². The molecule has 18 heavy (non-hydrogen) atoms. The summed E-state index contributed by atoms with van der Waals surface area (Å²) in [7, 11) is 0. The summed E-state index contributed by atoms with van der Waals surface area (Å²) in [6.07, 6.45) is 2.32. The van der Waals surface area contributed by atoms with Gasteiger partial charge in [0, 0.05) is 0 Å². The summed E-state index contributed by atoms with van der Waals surface area (Å²) in [4.78, 5) is 0. The third kappa shape index (κ3) is 3.14. The molecule has 0 radical (unpaired) electrons. The summed E-state index contributed by atoms with van der Waals surface area (Å²) in [6, 6.07) is 17.1. The van der Waals surface area contributed by atoms with Crippen molar-refractivity contribution in [2.75, 3.05) is 0 Å². The van der Waals surface area contributed by atoms with Gasteiger partial charge in [0.1, 0.15) is 0 Å². The van der Waals surface area contributed by atoms with Crippen molar-refractivity contribution in [2.24, 2.45) is 0 Å². The normalized spacial score (nSPS) is 12.4. The molecule has 2 rings (SSSR count). The Morgan fingerprint density at radius 2 is 1.39 bits per heavy atom. The van der Waals surface area contributed by atoms with E-state index in [0.29, 0.717) is 0 Å². The lowest BCUT2D eigenvalue weighted by molar-refractivity contribution is 0.920. The highest BCUT2D eigenvalue weighted by atomic mass is 35.5. The molecule has 0 aliphatic rings. The van der Waals surface area contributed by atoms with Crippen LogP contribution in [0.4, 0.5) is 0 Å². The zero-order chi connectivity index (χ0) is 13.0. The van der Waals surface area contributed by atoms with Crippen LogP contribution in [0.5, 0.6) is 0 Å². The minimum Gasteiger partial charge on any atom is -0.113 e. The lowest BCUT2D eigenvalue weighted by atomic mass is 10.0. The van der Waals surface area contributed by atoms with E-state index in [1.165, 1.54) is 23.1 Å². The van der Waals surface area contributed by atoms with Crippen molar-refractivity contribution >= 4 is 11.6 Å². The first-order chi connectivity index (χ1) is 8.70. The predicted octanol–water partition coefficient (Wildman–Crippen LogP) is 5.28. The van der Waals surface area contributed by atoms with Crippen LogP contribution < -0.4 is 0 Å². The molecule has 0 aromatic heterocycles. The quantitative estimate of drug-likeness (QED) is 0.655. The number of hydrogen-bond donors (Lipinski definition) is 0. The SMILES string of the molecule is CCCc1ccc(C(Cl)c2ccc(C)cc2)cc1. The molecule has 2 aromatic rings. The highest BCUT2D eigenvalue weighted by molar-refractivity contribution is 6.22. The monoisotopic (exact) mass is 258 g/mol. The Morgan fingerprint density at radius 3 is 1.89 bits per heavy atom. The Hall–Kier alpha value is -1.27. The molecule has 0 saturated carbocycles. The number of hydrogen-bond acceptors (Lipinski definition) is 0. The second kappa shape index (κ2) is 6.06. The summed E-state index contributed by atoms with van der Waals surface area (Å²) in [5.41, 5.74) is 4.97. The molecular weight excluding hydrogens is 240 g/mol. The molecule has 1 heteroatoms. The van der Waals surface area contributed by atoms with Crippen LogP contribution in [0.3, 0.4) is 0 Å². The third-order valence-corrected chi connectivity index (χ3v) is 3.69. The van der Waals surface area contributed by atoms with E-state index in [0.717, 1.165) is 12.0 Å². The van der Waals surface area contributed by atoms with Crippen LogP contribution in [0.2, 0.25) is 0 Å². The van der Waals surface area contributed by atoms with Crippen LogP contribution in [0.1, 0.15) is 41.0 Å².